The van der Waals surface area contributed by atoms with Crippen molar-refractivity contribution in [3.05, 3.63) is 83.9 Å². The second kappa shape index (κ2) is 7.93. The number of benzene rings is 3. The van der Waals surface area contributed by atoms with Crippen molar-refractivity contribution >= 4 is 22.6 Å². The Morgan fingerprint density at radius 2 is 1.19 bits per heavy atom. The number of carbonyl (C=O) groups is 2. The molecule has 4 rings (SSSR count). The number of hydrogen-bond donors (Lipinski definition) is 0. The van der Waals surface area contributed by atoms with Crippen molar-refractivity contribution in [3.63, 3.8) is 0 Å². The first kappa shape index (κ1) is 17.8. The molecular weight excluding hydrogens is 324 g/mol. The smallest absolute Gasteiger partial charge is 0.261 e. The van der Waals surface area contributed by atoms with Gasteiger partial charge in [0.05, 0.1) is 0 Å². The fourth-order valence-electron chi connectivity index (χ4n) is 2.97. The molecule has 0 atom stereocenters. The highest BCUT2D eigenvalue weighted by Crippen LogP contribution is 2.29. The average molecular weight is 346 g/mol. The summed E-state index contributed by atoms with van der Waals surface area (Å²) in [6.07, 6.45) is 0. The Kier molecular flexibility index (Phi) is 5.44. The molecule has 0 spiro atoms. The molecule has 0 N–H and O–H groups in total. The van der Waals surface area contributed by atoms with E-state index in [0.717, 1.165) is 10.8 Å². The third kappa shape index (κ3) is 3.65. The second-order valence-corrected chi connectivity index (χ2v) is 6.43. The zero-order chi connectivity index (χ0) is 18.5. The molecule has 2 amide bonds. The van der Waals surface area contributed by atoms with Crippen LogP contribution >= 0.6 is 0 Å². The third-order valence-electron chi connectivity index (χ3n) is 4.29. The number of carbonyl (C=O) groups excluding carboxylic acids is 2. The van der Waals surface area contributed by atoms with Gasteiger partial charge in [-0.25, -0.2) is 0 Å². The van der Waals surface area contributed by atoms with Crippen LogP contribution in [0, 0.1) is 0 Å². The van der Waals surface area contributed by atoms with Gasteiger partial charge in [-0.2, -0.15) is 0 Å². The van der Waals surface area contributed by atoms with Gasteiger partial charge < -0.3 is 4.90 Å². The lowest BCUT2D eigenvalue weighted by Gasteiger charge is -2.28. The second-order valence-electron chi connectivity index (χ2n) is 6.43. The Morgan fingerprint density at radius 3 is 1.62 bits per heavy atom. The van der Waals surface area contributed by atoms with Gasteiger partial charge in [-0.15, -0.1) is 0 Å². The Balaban J connectivity index is 0.000000278. The summed E-state index contributed by atoms with van der Waals surface area (Å²) in [7, 11) is 3.85. The van der Waals surface area contributed by atoms with Crippen molar-refractivity contribution in [3.8, 4) is 0 Å². The number of likely N-dealkylation sites (N-methyl/N-ethyl adjacent to an activating group) is 1. The van der Waals surface area contributed by atoms with Crippen LogP contribution in [0.15, 0.2) is 72.8 Å². The molecule has 1 aliphatic rings. The number of amides is 2. The van der Waals surface area contributed by atoms with Crippen molar-refractivity contribution in [1.29, 1.82) is 0 Å². The van der Waals surface area contributed by atoms with E-state index in [1.807, 2.05) is 79.7 Å². The molecule has 0 radical (unpaired) electrons. The van der Waals surface area contributed by atoms with E-state index in [9.17, 15) is 9.59 Å². The van der Waals surface area contributed by atoms with Gasteiger partial charge in [-0.05, 0) is 31.6 Å². The van der Waals surface area contributed by atoms with E-state index < -0.39 is 0 Å². The van der Waals surface area contributed by atoms with E-state index >= 15 is 0 Å². The Labute approximate surface area is 153 Å². The molecule has 0 fully saturated rings. The maximum atomic E-state index is 12.5. The largest absolute Gasteiger partial charge is 0.308 e. The average Bonchev–Trinajstić information content (AvgIpc) is 2.67. The Bertz CT molecular complexity index is 842. The third-order valence-corrected chi connectivity index (χ3v) is 4.29. The van der Waals surface area contributed by atoms with E-state index in [1.165, 1.54) is 4.90 Å². The minimum atomic E-state index is -0.193. The fraction of sp³-hybridized carbons (Fsp3) is 0.182. The monoisotopic (exact) mass is 346 g/mol. The summed E-state index contributed by atoms with van der Waals surface area (Å²) < 4.78 is 0. The minimum Gasteiger partial charge on any atom is -0.308 e. The summed E-state index contributed by atoms with van der Waals surface area (Å²) in [5.74, 6) is -0.387. The molecule has 0 bridgehead atoms. The molecule has 3 aromatic rings. The zero-order valence-electron chi connectivity index (χ0n) is 15.1. The summed E-state index contributed by atoms with van der Waals surface area (Å²) in [4.78, 5) is 28.3. The van der Waals surface area contributed by atoms with E-state index in [4.69, 9.17) is 0 Å². The summed E-state index contributed by atoms with van der Waals surface area (Å²) in [6.45, 7) is 1.07. The number of imide groups is 1. The maximum absolute atomic E-state index is 12.5. The van der Waals surface area contributed by atoms with Crippen molar-refractivity contribution in [2.24, 2.45) is 0 Å². The van der Waals surface area contributed by atoms with Crippen molar-refractivity contribution in [2.75, 3.05) is 27.2 Å². The molecule has 132 valence electrons. The molecular formula is C22H22N2O2. The van der Waals surface area contributed by atoms with Crippen LogP contribution in [-0.4, -0.2) is 48.8 Å². The molecule has 0 saturated heterocycles. The fourth-order valence-corrected chi connectivity index (χ4v) is 2.97. The van der Waals surface area contributed by atoms with Gasteiger partial charge in [0.2, 0.25) is 0 Å². The summed E-state index contributed by atoms with van der Waals surface area (Å²) in [5.41, 5.74) is 1.24. The molecule has 4 heteroatoms. The number of nitrogens with zero attached hydrogens (tertiary/aromatic N) is 2. The van der Waals surface area contributed by atoms with E-state index in [-0.39, 0.29) is 11.8 Å². The lowest BCUT2D eigenvalue weighted by Crippen LogP contribution is -2.43. The standard InChI is InChI=1S/C16H16N2O2.C6H6/c1-17(2)9-10-18-15(19)12-7-3-5-11-6-4-8-13(14(11)12)16(18)20;1-2-4-6-5-3-1/h3-8H,9-10H2,1-2H3;1-6H. The van der Waals surface area contributed by atoms with Gasteiger partial charge >= 0.3 is 0 Å². The first-order valence-corrected chi connectivity index (χ1v) is 8.62. The molecule has 0 saturated carbocycles. The van der Waals surface area contributed by atoms with Gasteiger partial charge in [0.1, 0.15) is 0 Å². The van der Waals surface area contributed by atoms with Crippen LogP contribution in [0.2, 0.25) is 0 Å². The summed E-state index contributed by atoms with van der Waals surface area (Å²) in [6, 6.07) is 23.2. The van der Waals surface area contributed by atoms with Gasteiger partial charge in [0.25, 0.3) is 11.8 Å². The van der Waals surface area contributed by atoms with E-state index in [1.54, 1.807) is 12.1 Å². The maximum Gasteiger partial charge on any atom is 0.261 e. The topological polar surface area (TPSA) is 40.6 Å². The van der Waals surface area contributed by atoms with Gasteiger partial charge in [0.15, 0.2) is 0 Å². The molecule has 1 heterocycles. The minimum absolute atomic E-state index is 0.193. The molecule has 1 aliphatic heterocycles. The van der Waals surface area contributed by atoms with Crippen LogP contribution in [0.3, 0.4) is 0 Å². The van der Waals surface area contributed by atoms with Gasteiger partial charge in [-0.1, -0.05) is 60.7 Å². The highest BCUT2D eigenvalue weighted by molar-refractivity contribution is 6.25. The highest BCUT2D eigenvalue weighted by atomic mass is 16.2. The first-order valence-electron chi connectivity index (χ1n) is 8.62. The van der Waals surface area contributed by atoms with Crippen molar-refractivity contribution in [1.82, 2.24) is 9.80 Å². The molecule has 4 nitrogen and oxygen atoms in total. The van der Waals surface area contributed by atoms with Gasteiger partial charge in [-0.3, -0.25) is 14.5 Å². The van der Waals surface area contributed by atoms with Crippen molar-refractivity contribution < 1.29 is 9.59 Å². The van der Waals surface area contributed by atoms with Crippen molar-refractivity contribution in [2.45, 2.75) is 0 Å². The lowest BCUT2D eigenvalue weighted by atomic mass is 9.94. The molecule has 26 heavy (non-hydrogen) atoms. The zero-order valence-corrected chi connectivity index (χ0v) is 15.1. The summed E-state index contributed by atoms with van der Waals surface area (Å²) in [5, 5.41) is 1.72. The Morgan fingerprint density at radius 1 is 0.731 bits per heavy atom. The van der Waals surface area contributed by atoms with E-state index in [2.05, 4.69) is 0 Å². The lowest BCUT2D eigenvalue weighted by molar-refractivity contribution is 0.0601. The quantitative estimate of drug-likeness (QED) is 0.679. The SMILES string of the molecule is CN(C)CCN1C(=O)c2cccc3cccc(c23)C1=O.c1ccccc1. The van der Waals surface area contributed by atoms with Crippen LogP contribution in [0.5, 0.6) is 0 Å². The van der Waals surface area contributed by atoms with E-state index in [0.29, 0.717) is 24.2 Å². The first-order chi connectivity index (χ1) is 12.6. The van der Waals surface area contributed by atoms with Crippen LogP contribution in [0.25, 0.3) is 10.8 Å². The van der Waals surface area contributed by atoms with Crippen LogP contribution in [0.4, 0.5) is 0 Å². The highest BCUT2D eigenvalue weighted by Gasteiger charge is 2.32. The number of hydrogen-bond acceptors (Lipinski definition) is 3. The molecule has 0 unspecified atom stereocenters. The molecule has 3 aromatic carbocycles. The number of rotatable bonds is 3. The Hall–Kier alpha value is -2.98. The van der Waals surface area contributed by atoms with Crippen LogP contribution < -0.4 is 0 Å². The summed E-state index contributed by atoms with van der Waals surface area (Å²) >= 11 is 0. The predicted molar refractivity (Wildman–Crippen MR) is 104 cm³/mol. The molecule has 0 aliphatic carbocycles. The van der Waals surface area contributed by atoms with Crippen LogP contribution in [-0.2, 0) is 0 Å². The molecule has 0 aromatic heterocycles. The van der Waals surface area contributed by atoms with Crippen LogP contribution in [0.1, 0.15) is 20.7 Å². The normalized spacial score (nSPS) is 13.0. The van der Waals surface area contributed by atoms with Gasteiger partial charge in [0, 0.05) is 29.6 Å². The predicted octanol–water partition coefficient (Wildman–Crippen LogP) is 3.68.